The Bertz CT molecular complexity index is 1250. The fraction of sp³-hybridized carbons (Fsp3) is 0. The predicted molar refractivity (Wildman–Crippen MR) is 104 cm³/mol. The summed E-state index contributed by atoms with van der Waals surface area (Å²) in [6.07, 6.45) is 1.97. The standard InChI is InChI=1S/C18H12N6S2/c25-18-22-24-16(19-20-17(24)26-18)14-11-23(13-9-5-2-6-10-13)21-15(14)12-7-3-1-4-8-12/h1-11H,(H,22,25). The summed E-state index contributed by atoms with van der Waals surface area (Å²) < 4.78 is 4.33. The van der Waals surface area contributed by atoms with Gasteiger partial charge in [0.1, 0.15) is 5.69 Å². The van der Waals surface area contributed by atoms with Crippen molar-refractivity contribution in [1.29, 1.82) is 0 Å². The number of para-hydroxylation sites is 1. The van der Waals surface area contributed by atoms with Gasteiger partial charge in [0, 0.05) is 11.8 Å². The largest absolute Gasteiger partial charge is 0.271 e. The average Bonchev–Trinajstić information content (AvgIpc) is 3.37. The second-order valence-corrected chi connectivity index (χ2v) is 7.32. The van der Waals surface area contributed by atoms with E-state index in [9.17, 15) is 0 Å². The average molecular weight is 376 g/mol. The van der Waals surface area contributed by atoms with E-state index in [1.54, 1.807) is 0 Å². The number of fused-ring (bicyclic) bond motifs is 1. The van der Waals surface area contributed by atoms with Crippen LogP contribution >= 0.6 is 23.6 Å². The Labute approximate surface area is 157 Å². The molecule has 2 aromatic carbocycles. The van der Waals surface area contributed by atoms with Crippen molar-refractivity contribution in [2.75, 3.05) is 0 Å². The Morgan fingerprint density at radius 1 is 0.923 bits per heavy atom. The lowest BCUT2D eigenvalue weighted by atomic mass is 10.1. The highest BCUT2D eigenvalue weighted by molar-refractivity contribution is 7.73. The Balaban J connectivity index is 1.78. The van der Waals surface area contributed by atoms with E-state index in [1.165, 1.54) is 11.3 Å². The Morgan fingerprint density at radius 3 is 2.42 bits per heavy atom. The fourth-order valence-electron chi connectivity index (χ4n) is 2.87. The van der Waals surface area contributed by atoms with Crippen LogP contribution in [0.5, 0.6) is 0 Å². The van der Waals surface area contributed by atoms with Crippen molar-refractivity contribution in [2.24, 2.45) is 0 Å². The summed E-state index contributed by atoms with van der Waals surface area (Å²) in [6.45, 7) is 0. The van der Waals surface area contributed by atoms with Gasteiger partial charge in [0.05, 0.1) is 11.3 Å². The summed E-state index contributed by atoms with van der Waals surface area (Å²) in [6, 6.07) is 20.1. The van der Waals surface area contributed by atoms with Crippen LogP contribution in [0.1, 0.15) is 0 Å². The highest BCUT2D eigenvalue weighted by Crippen LogP contribution is 2.31. The number of hydrogen-bond donors (Lipinski definition) is 1. The zero-order chi connectivity index (χ0) is 17.5. The first-order valence-electron chi connectivity index (χ1n) is 7.95. The molecular formula is C18H12N6S2. The van der Waals surface area contributed by atoms with E-state index in [0.29, 0.717) is 9.78 Å². The van der Waals surface area contributed by atoms with Gasteiger partial charge in [-0.05, 0) is 24.4 Å². The molecule has 1 N–H and O–H groups in total. The van der Waals surface area contributed by atoms with Gasteiger partial charge in [-0.1, -0.05) is 59.9 Å². The second-order valence-electron chi connectivity index (χ2n) is 5.68. The quantitative estimate of drug-likeness (QED) is 0.475. The monoisotopic (exact) mass is 376 g/mol. The number of nitrogens with one attached hydrogen (secondary N) is 1. The van der Waals surface area contributed by atoms with E-state index in [1.807, 2.05) is 76.1 Å². The maximum Gasteiger partial charge on any atom is 0.234 e. The number of aromatic nitrogens is 6. The molecule has 126 valence electrons. The third kappa shape index (κ3) is 2.47. The van der Waals surface area contributed by atoms with Gasteiger partial charge in [-0.3, -0.25) is 5.10 Å². The fourth-order valence-corrected chi connectivity index (χ4v) is 3.79. The molecule has 0 spiro atoms. The maximum atomic E-state index is 5.24. The number of rotatable bonds is 3. The van der Waals surface area contributed by atoms with Gasteiger partial charge >= 0.3 is 0 Å². The first kappa shape index (κ1) is 15.2. The molecule has 0 atom stereocenters. The van der Waals surface area contributed by atoms with E-state index in [-0.39, 0.29) is 0 Å². The maximum absolute atomic E-state index is 5.24. The van der Waals surface area contributed by atoms with Crippen LogP contribution in [-0.4, -0.2) is 29.6 Å². The molecule has 5 rings (SSSR count). The van der Waals surface area contributed by atoms with Gasteiger partial charge in [-0.25, -0.2) is 9.20 Å². The molecule has 5 aromatic rings. The lowest BCUT2D eigenvalue weighted by Gasteiger charge is -2.00. The minimum Gasteiger partial charge on any atom is -0.271 e. The summed E-state index contributed by atoms with van der Waals surface area (Å²) in [5.41, 5.74) is 3.73. The second kappa shape index (κ2) is 6.01. The topological polar surface area (TPSA) is 63.8 Å². The molecule has 8 heteroatoms. The molecule has 0 aliphatic rings. The normalized spacial score (nSPS) is 11.2. The third-order valence-electron chi connectivity index (χ3n) is 4.04. The molecule has 6 nitrogen and oxygen atoms in total. The lowest BCUT2D eigenvalue weighted by Crippen LogP contribution is -1.93. The van der Waals surface area contributed by atoms with Crippen molar-refractivity contribution in [1.82, 2.24) is 29.6 Å². The van der Waals surface area contributed by atoms with E-state index >= 15 is 0 Å². The number of benzene rings is 2. The molecule has 0 unspecified atom stereocenters. The molecule has 3 aromatic heterocycles. The zero-order valence-electron chi connectivity index (χ0n) is 13.4. The van der Waals surface area contributed by atoms with Crippen LogP contribution in [-0.2, 0) is 0 Å². The molecule has 26 heavy (non-hydrogen) atoms. The molecule has 0 bridgehead atoms. The van der Waals surface area contributed by atoms with Crippen LogP contribution in [0.15, 0.2) is 66.9 Å². The molecule has 0 fully saturated rings. The van der Waals surface area contributed by atoms with Crippen LogP contribution in [0.3, 0.4) is 0 Å². The number of nitrogens with zero attached hydrogens (tertiary/aromatic N) is 5. The van der Waals surface area contributed by atoms with Crippen LogP contribution in [0.25, 0.3) is 33.3 Å². The molecular weight excluding hydrogens is 364 g/mol. The van der Waals surface area contributed by atoms with Gasteiger partial charge < -0.3 is 0 Å². The van der Waals surface area contributed by atoms with Crippen LogP contribution in [0.2, 0.25) is 0 Å². The first-order chi connectivity index (χ1) is 12.8. The zero-order valence-corrected chi connectivity index (χ0v) is 15.0. The molecule has 0 radical (unpaired) electrons. The van der Waals surface area contributed by atoms with E-state index in [0.717, 1.165) is 27.5 Å². The van der Waals surface area contributed by atoms with Crippen molar-refractivity contribution >= 4 is 28.5 Å². The SMILES string of the molecule is S=c1[nH]n2c(-c3cn(-c4ccccc4)nc3-c3ccccc3)nnc2s1. The summed E-state index contributed by atoms with van der Waals surface area (Å²) in [5, 5.41) is 16.5. The predicted octanol–water partition coefficient (Wildman–Crippen LogP) is 4.37. The molecule has 3 heterocycles. The number of H-pyrrole nitrogens is 1. The van der Waals surface area contributed by atoms with Crippen molar-refractivity contribution < 1.29 is 0 Å². The number of aromatic amines is 1. The van der Waals surface area contributed by atoms with Crippen molar-refractivity contribution in [3.63, 3.8) is 0 Å². The Hall–Kier alpha value is -3.10. The molecule has 0 aliphatic carbocycles. The minimum atomic E-state index is 0.660. The first-order valence-corrected chi connectivity index (χ1v) is 9.17. The number of hydrogen-bond acceptors (Lipinski definition) is 5. The van der Waals surface area contributed by atoms with E-state index in [2.05, 4.69) is 15.3 Å². The van der Waals surface area contributed by atoms with Gasteiger partial charge in [0.25, 0.3) is 0 Å². The Morgan fingerprint density at radius 2 is 1.65 bits per heavy atom. The summed E-state index contributed by atoms with van der Waals surface area (Å²) >= 11 is 6.63. The molecule has 0 aliphatic heterocycles. The van der Waals surface area contributed by atoms with Gasteiger partial charge in [-0.15, -0.1) is 10.2 Å². The van der Waals surface area contributed by atoms with E-state index in [4.69, 9.17) is 17.3 Å². The van der Waals surface area contributed by atoms with Crippen molar-refractivity contribution in [3.8, 4) is 28.3 Å². The van der Waals surface area contributed by atoms with Crippen molar-refractivity contribution in [2.45, 2.75) is 0 Å². The van der Waals surface area contributed by atoms with Gasteiger partial charge in [0.2, 0.25) is 4.96 Å². The van der Waals surface area contributed by atoms with Crippen LogP contribution in [0.4, 0.5) is 0 Å². The van der Waals surface area contributed by atoms with E-state index < -0.39 is 0 Å². The summed E-state index contributed by atoms with van der Waals surface area (Å²) in [5.74, 6) is 0.688. The lowest BCUT2D eigenvalue weighted by molar-refractivity contribution is 0.884. The van der Waals surface area contributed by atoms with Gasteiger partial charge in [-0.2, -0.15) is 5.10 Å². The third-order valence-corrected chi connectivity index (χ3v) is 5.11. The molecule has 0 saturated heterocycles. The smallest absolute Gasteiger partial charge is 0.234 e. The van der Waals surface area contributed by atoms with Crippen molar-refractivity contribution in [3.05, 3.63) is 70.8 Å². The minimum absolute atomic E-state index is 0.660. The molecule has 0 amide bonds. The van der Waals surface area contributed by atoms with Gasteiger partial charge in [0.15, 0.2) is 9.78 Å². The highest BCUT2D eigenvalue weighted by atomic mass is 32.1. The summed E-state index contributed by atoms with van der Waals surface area (Å²) in [7, 11) is 0. The highest BCUT2D eigenvalue weighted by Gasteiger charge is 2.19. The Kier molecular flexibility index (Phi) is 3.51. The summed E-state index contributed by atoms with van der Waals surface area (Å²) in [4.78, 5) is 0.733. The van der Waals surface area contributed by atoms with Crippen LogP contribution in [0, 0.1) is 3.95 Å². The molecule has 0 saturated carbocycles. The van der Waals surface area contributed by atoms with Crippen LogP contribution < -0.4 is 0 Å².